The Morgan fingerprint density at radius 1 is 0.521 bits per heavy atom. The first kappa shape index (κ1) is 38.7. The molecule has 2 aliphatic heterocycles. The van der Waals surface area contributed by atoms with Gasteiger partial charge < -0.3 is 29.5 Å². The van der Waals surface area contributed by atoms with Gasteiger partial charge in [0.1, 0.15) is 11.5 Å². The maximum atomic E-state index is 11.9. The highest BCUT2D eigenvalue weighted by molar-refractivity contribution is 5.30. The number of hydrogen-bond acceptors (Lipinski definition) is 6. The van der Waals surface area contributed by atoms with Crippen molar-refractivity contribution in [2.45, 2.75) is 129 Å². The average Bonchev–Trinajstić information content (AvgIpc) is 3.55. The molecule has 2 heterocycles. The molecule has 4 atom stereocenters. The molecule has 0 aliphatic carbocycles. The number of rotatable bonds is 21. The highest BCUT2D eigenvalue weighted by Crippen LogP contribution is 2.34. The largest absolute Gasteiger partial charge is 0.494 e. The molecule has 0 bridgehead atoms. The molecule has 4 rings (SSSR count). The van der Waals surface area contributed by atoms with Crippen LogP contribution in [0.15, 0.2) is 48.5 Å². The van der Waals surface area contributed by atoms with Gasteiger partial charge in [0.2, 0.25) is 0 Å². The number of nitrogens with zero attached hydrogens (tertiary/aromatic N) is 2. The van der Waals surface area contributed by atoms with E-state index in [9.17, 15) is 10.2 Å². The quantitative estimate of drug-likeness (QED) is 0.130. The van der Waals surface area contributed by atoms with E-state index >= 15 is 0 Å². The molecule has 2 fully saturated rings. The van der Waals surface area contributed by atoms with Crippen LogP contribution in [-0.2, 0) is 0 Å². The summed E-state index contributed by atoms with van der Waals surface area (Å²) in [7, 11) is 0. The second-order valence-corrected chi connectivity index (χ2v) is 14.7. The topological polar surface area (TPSA) is 65.4 Å². The summed E-state index contributed by atoms with van der Waals surface area (Å²) in [4.78, 5) is 5.18. The molecule has 0 amide bonds. The SMILES string of the molecule is CCCCCOc1ccc([C@@H](O)[C@H](CC[C@H](CN2CCCCCC2)[C@@H](O)c2ccc(OCCCCC)cc2)CN2CCCCCC2)cc1. The third-order valence-electron chi connectivity index (χ3n) is 10.7. The predicted molar refractivity (Wildman–Crippen MR) is 199 cm³/mol. The fourth-order valence-corrected chi connectivity index (χ4v) is 7.58. The number of likely N-dealkylation sites (tertiary alicyclic amines) is 2. The third-order valence-corrected chi connectivity index (χ3v) is 10.7. The van der Waals surface area contributed by atoms with Crippen molar-refractivity contribution in [2.75, 3.05) is 52.5 Å². The van der Waals surface area contributed by atoms with Gasteiger partial charge in [0.15, 0.2) is 0 Å². The lowest BCUT2D eigenvalue weighted by molar-refractivity contribution is 0.0449. The maximum Gasteiger partial charge on any atom is 0.119 e. The Balaban J connectivity index is 1.47. The van der Waals surface area contributed by atoms with Crippen molar-refractivity contribution in [2.24, 2.45) is 11.8 Å². The van der Waals surface area contributed by atoms with Gasteiger partial charge in [-0.2, -0.15) is 0 Å². The first-order valence-electron chi connectivity index (χ1n) is 19.8. The molecule has 6 heteroatoms. The number of ether oxygens (including phenoxy) is 2. The first-order chi connectivity index (χ1) is 23.6. The first-order valence-corrected chi connectivity index (χ1v) is 19.8. The van der Waals surface area contributed by atoms with Crippen LogP contribution in [0, 0.1) is 11.8 Å². The molecular formula is C42H68N2O4. The normalized spacial score (nSPS) is 19.2. The Morgan fingerprint density at radius 3 is 1.21 bits per heavy atom. The molecule has 0 saturated carbocycles. The van der Waals surface area contributed by atoms with Crippen molar-refractivity contribution in [3.8, 4) is 11.5 Å². The number of aliphatic hydroxyl groups excluding tert-OH is 2. The number of aliphatic hydroxyl groups is 2. The second kappa shape index (κ2) is 22.6. The van der Waals surface area contributed by atoms with Crippen LogP contribution in [0.3, 0.4) is 0 Å². The molecule has 0 spiro atoms. The van der Waals surface area contributed by atoms with Gasteiger partial charge in [0, 0.05) is 24.9 Å². The molecule has 0 unspecified atom stereocenters. The van der Waals surface area contributed by atoms with E-state index in [0.29, 0.717) is 0 Å². The van der Waals surface area contributed by atoms with Crippen LogP contribution >= 0.6 is 0 Å². The molecule has 48 heavy (non-hydrogen) atoms. The molecule has 2 aliphatic rings. The van der Waals surface area contributed by atoms with Crippen molar-refractivity contribution in [1.29, 1.82) is 0 Å². The van der Waals surface area contributed by atoms with Gasteiger partial charge in [0.25, 0.3) is 0 Å². The average molecular weight is 665 g/mol. The lowest BCUT2D eigenvalue weighted by Crippen LogP contribution is -2.36. The van der Waals surface area contributed by atoms with E-state index in [-0.39, 0.29) is 11.8 Å². The van der Waals surface area contributed by atoms with Crippen molar-refractivity contribution in [1.82, 2.24) is 9.80 Å². The summed E-state index contributed by atoms with van der Waals surface area (Å²) in [5.41, 5.74) is 1.93. The highest BCUT2D eigenvalue weighted by Gasteiger charge is 2.29. The molecule has 0 radical (unpaired) electrons. The molecule has 2 N–H and O–H groups in total. The summed E-state index contributed by atoms with van der Waals surface area (Å²) in [5.74, 6) is 1.95. The summed E-state index contributed by atoms with van der Waals surface area (Å²) in [6.07, 6.45) is 17.7. The Kier molecular flexibility index (Phi) is 18.2. The summed E-state index contributed by atoms with van der Waals surface area (Å²) in [6.45, 7) is 12.1. The van der Waals surface area contributed by atoms with Gasteiger partial charge >= 0.3 is 0 Å². The van der Waals surface area contributed by atoms with E-state index in [2.05, 4.69) is 47.9 Å². The second-order valence-electron chi connectivity index (χ2n) is 14.7. The van der Waals surface area contributed by atoms with E-state index < -0.39 is 12.2 Å². The van der Waals surface area contributed by atoms with E-state index in [0.717, 1.165) is 101 Å². The van der Waals surface area contributed by atoms with Crippen LogP contribution in [0.25, 0.3) is 0 Å². The minimum absolute atomic E-state index is 0.0946. The van der Waals surface area contributed by atoms with Crippen molar-refractivity contribution in [3.05, 3.63) is 59.7 Å². The molecule has 6 nitrogen and oxygen atoms in total. The Labute approximate surface area is 293 Å². The zero-order chi connectivity index (χ0) is 33.8. The van der Waals surface area contributed by atoms with Gasteiger partial charge in [-0.3, -0.25) is 0 Å². The van der Waals surface area contributed by atoms with Crippen molar-refractivity contribution >= 4 is 0 Å². The van der Waals surface area contributed by atoms with E-state index in [4.69, 9.17) is 9.47 Å². The van der Waals surface area contributed by atoms with Crippen LogP contribution in [-0.4, -0.2) is 72.5 Å². The molecule has 2 aromatic rings. The van der Waals surface area contributed by atoms with Gasteiger partial charge in [-0.15, -0.1) is 0 Å². The predicted octanol–water partition coefficient (Wildman–Crippen LogP) is 9.36. The summed E-state index contributed by atoms with van der Waals surface area (Å²) in [5, 5.41) is 23.9. The van der Waals surface area contributed by atoms with Crippen LogP contribution in [0.4, 0.5) is 0 Å². The third kappa shape index (κ3) is 13.7. The fourth-order valence-electron chi connectivity index (χ4n) is 7.58. The summed E-state index contributed by atoms with van der Waals surface area (Å²) < 4.78 is 11.9. The Morgan fingerprint density at radius 2 is 0.875 bits per heavy atom. The minimum atomic E-state index is -0.553. The minimum Gasteiger partial charge on any atom is -0.494 e. The standard InChI is InChI=1S/C42H68N2O4/c1-3-5-15-31-47-39-23-19-35(20-24-39)41(45)37(33-43-27-11-7-8-12-28-43)17-18-38(34-44-29-13-9-10-14-30-44)42(46)36-21-25-40(26-22-36)48-32-16-6-4-2/h19-26,37-38,41-42,45-46H,3-18,27-34H2,1-2H3/t37-,38-,41-,42+/m1/s1. The van der Waals surface area contributed by atoms with Gasteiger partial charge in [0.05, 0.1) is 25.4 Å². The van der Waals surface area contributed by atoms with E-state index in [1.165, 1.54) is 77.0 Å². The van der Waals surface area contributed by atoms with E-state index in [1.54, 1.807) is 0 Å². The smallest absolute Gasteiger partial charge is 0.119 e. The molecule has 0 aromatic heterocycles. The molecule has 2 saturated heterocycles. The Hall–Kier alpha value is -2.12. The zero-order valence-corrected chi connectivity index (χ0v) is 30.5. The van der Waals surface area contributed by atoms with Gasteiger partial charge in [-0.25, -0.2) is 0 Å². The zero-order valence-electron chi connectivity index (χ0n) is 30.5. The monoisotopic (exact) mass is 665 g/mol. The van der Waals surface area contributed by atoms with Gasteiger partial charge in [-0.1, -0.05) is 89.5 Å². The number of unbranched alkanes of at least 4 members (excludes halogenated alkanes) is 4. The van der Waals surface area contributed by atoms with Crippen molar-refractivity contribution < 1.29 is 19.7 Å². The molecule has 2 aromatic carbocycles. The summed E-state index contributed by atoms with van der Waals surface area (Å²) in [6, 6.07) is 16.3. The highest BCUT2D eigenvalue weighted by atomic mass is 16.5. The van der Waals surface area contributed by atoms with Crippen LogP contribution in [0.2, 0.25) is 0 Å². The van der Waals surface area contributed by atoms with E-state index in [1.807, 2.05) is 24.3 Å². The molecule has 270 valence electrons. The molecular weight excluding hydrogens is 596 g/mol. The number of benzene rings is 2. The van der Waals surface area contributed by atoms with Crippen molar-refractivity contribution in [3.63, 3.8) is 0 Å². The van der Waals surface area contributed by atoms with Gasteiger partial charge in [-0.05, 0) is 113 Å². The number of hydrogen-bond donors (Lipinski definition) is 2. The Bertz CT molecular complexity index is 990. The van der Waals surface area contributed by atoms with Crippen LogP contribution in [0.5, 0.6) is 11.5 Å². The summed E-state index contributed by atoms with van der Waals surface area (Å²) >= 11 is 0. The maximum absolute atomic E-state index is 11.9. The van der Waals surface area contributed by atoms with Crippen LogP contribution < -0.4 is 9.47 Å². The fraction of sp³-hybridized carbons (Fsp3) is 0.714. The lowest BCUT2D eigenvalue weighted by Gasteiger charge is -2.34. The van der Waals surface area contributed by atoms with Crippen LogP contribution in [0.1, 0.15) is 140 Å². The lowest BCUT2D eigenvalue weighted by atomic mass is 9.84.